The first-order valence-corrected chi connectivity index (χ1v) is 18.2. The number of benzene rings is 3. The molecule has 276 valence electrons. The van der Waals surface area contributed by atoms with Gasteiger partial charge in [0.2, 0.25) is 0 Å². The number of hydrogen-bond acceptors (Lipinski definition) is 5. The molecule has 0 radical (unpaired) electrons. The summed E-state index contributed by atoms with van der Waals surface area (Å²) in [5, 5.41) is 0. The third kappa shape index (κ3) is 49.1. The van der Waals surface area contributed by atoms with Crippen molar-refractivity contribution in [1.29, 1.82) is 0 Å². The molecule has 0 spiro atoms. The molecule has 0 saturated heterocycles. The van der Waals surface area contributed by atoms with Gasteiger partial charge in [-0.05, 0) is 59.0 Å². The van der Waals surface area contributed by atoms with Crippen molar-refractivity contribution in [3.05, 3.63) is 115 Å². The largest absolute Gasteiger partial charge is 1.00 e. The van der Waals surface area contributed by atoms with Crippen molar-refractivity contribution in [1.82, 2.24) is 14.7 Å². The van der Waals surface area contributed by atoms with E-state index in [0.717, 1.165) is 26.1 Å². The third-order valence-electron chi connectivity index (χ3n) is 6.38. The van der Waals surface area contributed by atoms with Crippen molar-refractivity contribution in [2.45, 2.75) is 90.8 Å². The molecular formula is C39H67BrN3NaO4S. The van der Waals surface area contributed by atoms with E-state index in [1.165, 1.54) is 74.5 Å². The van der Waals surface area contributed by atoms with Crippen LogP contribution in [-0.4, -0.2) is 74.5 Å². The van der Waals surface area contributed by atoms with E-state index in [1.54, 1.807) is 0 Å². The van der Waals surface area contributed by atoms with Gasteiger partial charge in [0.1, 0.15) is 0 Å². The minimum atomic E-state index is -4.67. The van der Waals surface area contributed by atoms with Crippen LogP contribution in [0.2, 0.25) is 0 Å². The van der Waals surface area contributed by atoms with Gasteiger partial charge in [0, 0.05) is 19.6 Å². The Hall–Kier alpha value is -1.11. The van der Waals surface area contributed by atoms with Crippen LogP contribution in [0.15, 0.2) is 91.0 Å². The molecular weight excluding hydrogens is 709 g/mol. The molecule has 3 aromatic rings. The standard InChI is InChI=1S/C12H25.3C9H13N.BrH.Na.H2O4S/c1-3-5-7-9-11-12-10-8-6-4-2;3*1-10(2)8-9-6-4-3-5-7-9;;;1-5(2,3)4/h1,3-12H2,2H3;3*3-7H,8H2,1-2H3;1H;;(H2,1,2,3,4)/q-1;;;;;+1;. The molecule has 0 aliphatic rings. The minimum absolute atomic E-state index is 0. The van der Waals surface area contributed by atoms with Crippen LogP contribution >= 0.6 is 17.0 Å². The summed E-state index contributed by atoms with van der Waals surface area (Å²) in [6, 6.07) is 31.4. The van der Waals surface area contributed by atoms with Crippen LogP contribution in [0, 0.1) is 6.92 Å². The molecule has 0 unspecified atom stereocenters. The number of nitrogens with zero attached hydrogens (tertiary/aromatic N) is 3. The smallest absolute Gasteiger partial charge is 0.343 e. The molecule has 2 N–H and O–H groups in total. The Morgan fingerprint density at radius 1 is 0.510 bits per heavy atom. The first-order valence-electron chi connectivity index (χ1n) is 16.8. The number of halogens is 1. The normalized spacial score (nSPS) is 10.1. The van der Waals surface area contributed by atoms with Crippen molar-refractivity contribution in [3.63, 3.8) is 0 Å². The molecule has 0 aromatic heterocycles. The zero-order chi connectivity index (χ0) is 35.8. The molecule has 0 saturated carbocycles. The van der Waals surface area contributed by atoms with E-state index < -0.39 is 10.4 Å². The third-order valence-corrected chi connectivity index (χ3v) is 6.38. The molecule has 0 fully saturated rings. The van der Waals surface area contributed by atoms with Crippen molar-refractivity contribution >= 4 is 27.4 Å². The SMILES string of the molecule is Br.CN(C)Cc1ccccc1.CN(C)Cc1ccccc1.CN(C)Cc1ccccc1.O=S(=O)(O)O.[CH2-]CCCCCCCCCCC.[Na+]. The first-order chi connectivity index (χ1) is 22.3. The molecule has 49 heavy (non-hydrogen) atoms. The summed E-state index contributed by atoms with van der Waals surface area (Å²) in [6.45, 7) is 9.20. The van der Waals surface area contributed by atoms with Crippen LogP contribution in [0.25, 0.3) is 0 Å². The van der Waals surface area contributed by atoms with Crippen molar-refractivity contribution in [3.8, 4) is 0 Å². The fourth-order valence-corrected chi connectivity index (χ4v) is 4.33. The topological polar surface area (TPSA) is 84.3 Å². The van der Waals surface area contributed by atoms with Crippen LogP contribution in [-0.2, 0) is 30.0 Å². The summed E-state index contributed by atoms with van der Waals surface area (Å²) < 4.78 is 31.6. The fourth-order valence-electron chi connectivity index (χ4n) is 4.33. The average Bonchev–Trinajstić information content (AvgIpc) is 2.99. The van der Waals surface area contributed by atoms with Crippen molar-refractivity contribution in [2.24, 2.45) is 0 Å². The molecule has 0 bridgehead atoms. The van der Waals surface area contributed by atoms with Gasteiger partial charge in [-0.1, -0.05) is 156 Å². The minimum Gasteiger partial charge on any atom is -0.343 e. The second-order valence-corrected chi connectivity index (χ2v) is 13.2. The molecule has 3 aromatic carbocycles. The van der Waals surface area contributed by atoms with E-state index in [-0.39, 0.29) is 46.5 Å². The van der Waals surface area contributed by atoms with E-state index in [0.29, 0.717) is 0 Å². The average molecular weight is 777 g/mol. The van der Waals surface area contributed by atoms with Crippen LogP contribution < -0.4 is 29.6 Å². The van der Waals surface area contributed by atoms with Crippen molar-refractivity contribution in [2.75, 3.05) is 42.3 Å². The van der Waals surface area contributed by atoms with Crippen LogP contribution in [0.4, 0.5) is 0 Å². The van der Waals surface area contributed by atoms with Gasteiger partial charge in [-0.25, -0.2) is 0 Å². The summed E-state index contributed by atoms with van der Waals surface area (Å²) in [7, 11) is 7.79. The van der Waals surface area contributed by atoms with Gasteiger partial charge in [0.05, 0.1) is 0 Å². The second kappa shape index (κ2) is 38.1. The van der Waals surface area contributed by atoms with Gasteiger partial charge < -0.3 is 21.6 Å². The molecule has 7 nitrogen and oxygen atoms in total. The van der Waals surface area contributed by atoms with Crippen molar-refractivity contribution < 1.29 is 47.1 Å². The summed E-state index contributed by atoms with van der Waals surface area (Å²) >= 11 is 0. The van der Waals surface area contributed by atoms with Gasteiger partial charge in [-0.3, -0.25) is 9.11 Å². The number of rotatable bonds is 15. The Balaban J connectivity index is -0.000000260. The summed E-state index contributed by atoms with van der Waals surface area (Å²) in [5.41, 5.74) is 4.10. The van der Waals surface area contributed by atoms with E-state index in [2.05, 4.69) is 144 Å². The van der Waals surface area contributed by atoms with E-state index in [9.17, 15) is 0 Å². The maximum absolute atomic E-state index is 8.74. The predicted octanol–water partition coefficient (Wildman–Crippen LogP) is 6.92. The second-order valence-electron chi connectivity index (χ2n) is 12.3. The Bertz CT molecular complexity index is 1030. The van der Waals surface area contributed by atoms with Crippen LogP contribution in [0.5, 0.6) is 0 Å². The monoisotopic (exact) mass is 775 g/mol. The van der Waals surface area contributed by atoms with Crippen LogP contribution in [0.3, 0.4) is 0 Å². The Kier molecular flexibility index (Phi) is 42.5. The quantitative estimate of drug-likeness (QED) is 0.0752. The van der Waals surface area contributed by atoms with E-state index >= 15 is 0 Å². The molecule has 0 atom stereocenters. The molecule has 0 aliphatic carbocycles. The number of unbranched alkanes of at least 4 members (excludes halogenated alkanes) is 9. The molecule has 0 aliphatic heterocycles. The fraction of sp³-hybridized carbons (Fsp3) is 0.513. The van der Waals surface area contributed by atoms with E-state index in [4.69, 9.17) is 17.5 Å². The summed E-state index contributed by atoms with van der Waals surface area (Å²) in [6.07, 6.45) is 13.9. The Morgan fingerprint density at radius 3 is 0.939 bits per heavy atom. The first kappa shape index (κ1) is 54.7. The Morgan fingerprint density at radius 2 is 0.735 bits per heavy atom. The summed E-state index contributed by atoms with van der Waals surface area (Å²) in [4.78, 5) is 6.49. The van der Waals surface area contributed by atoms with Gasteiger partial charge in [-0.15, -0.1) is 17.0 Å². The molecule has 10 heteroatoms. The molecule has 0 amide bonds. The Labute approximate surface area is 334 Å². The van der Waals surface area contributed by atoms with E-state index in [1.807, 2.05) is 18.2 Å². The zero-order valence-electron chi connectivity index (χ0n) is 31.9. The van der Waals surface area contributed by atoms with Gasteiger partial charge in [-0.2, -0.15) is 14.8 Å². The maximum atomic E-state index is 8.74. The molecule has 3 rings (SSSR count). The van der Waals surface area contributed by atoms with Crippen LogP contribution in [0.1, 0.15) is 87.8 Å². The van der Waals surface area contributed by atoms with Gasteiger partial charge in [0.15, 0.2) is 0 Å². The molecule has 0 heterocycles. The maximum Gasteiger partial charge on any atom is 1.00 e. The summed E-state index contributed by atoms with van der Waals surface area (Å²) in [5.74, 6) is 0. The predicted molar refractivity (Wildman–Crippen MR) is 213 cm³/mol. The zero-order valence-corrected chi connectivity index (χ0v) is 36.5. The van der Waals surface area contributed by atoms with Gasteiger partial charge >= 0.3 is 40.0 Å². The van der Waals surface area contributed by atoms with Gasteiger partial charge in [0.25, 0.3) is 0 Å². The number of hydrogen-bond donors (Lipinski definition) is 2.